The van der Waals surface area contributed by atoms with Crippen LogP contribution in [-0.4, -0.2) is 0 Å². The molecule has 0 bridgehead atoms. The predicted molar refractivity (Wildman–Crippen MR) is 95.1 cm³/mol. The molecule has 114 valence electrons. The fourth-order valence-electron chi connectivity index (χ4n) is 2.66. The van der Waals surface area contributed by atoms with Crippen LogP contribution in [0.15, 0.2) is 54.6 Å². The topological polar surface area (TPSA) is 0 Å². The van der Waals surface area contributed by atoms with Crippen LogP contribution < -0.4 is 0 Å². The lowest BCUT2D eigenvalue weighted by Gasteiger charge is -2.04. The highest BCUT2D eigenvalue weighted by atomic mass is 19.1. The smallest absolute Gasteiger partial charge is 0.134 e. The summed E-state index contributed by atoms with van der Waals surface area (Å²) in [6.45, 7) is 4.10. The highest BCUT2D eigenvalue weighted by molar-refractivity contribution is 5.85. The van der Waals surface area contributed by atoms with Crippen LogP contribution in [-0.2, 0) is 12.8 Å². The normalized spacial score (nSPS) is 10.4. The van der Waals surface area contributed by atoms with Gasteiger partial charge in [-0.25, -0.2) is 4.39 Å². The second-order valence-corrected chi connectivity index (χ2v) is 5.63. The summed E-state index contributed by atoms with van der Waals surface area (Å²) in [6.07, 6.45) is 1.74. The van der Waals surface area contributed by atoms with E-state index in [-0.39, 0.29) is 5.82 Å². The fraction of sp³-hybridized carbons (Fsp3) is 0.182. The molecule has 0 aromatic heterocycles. The van der Waals surface area contributed by atoms with Gasteiger partial charge in [-0.05, 0) is 53.6 Å². The van der Waals surface area contributed by atoms with Crippen LogP contribution in [0.2, 0.25) is 0 Å². The van der Waals surface area contributed by atoms with Crippen molar-refractivity contribution in [2.45, 2.75) is 26.7 Å². The highest BCUT2D eigenvalue weighted by Crippen LogP contribution is 2.22. The van der Waals surface area contributed by atoms with Crippen molar-refractivity contribution in [2.24, 2.45) is 0 Å². The Kier molecular flexibility index (Phi) is 4.44. The van der Waals surface area contributed by atoms with Crippen LogP contribution in [0, 0.1) is 17.7 Å². The molecule has 0 heterocycles. The van der Waals surface area contributed by atoms with Crippen LogP contribution in [0.1, 0.15) is 36.1 Å². The number of hydrogen-bond donors (Lipinski definition) is 0. The summed E-state index contributed by atoms with van der Waals surface area (Å²) in [7, 11) is 0. The van der Waals surface area contributed by atoms with Gasteiger partial charge in [-0.3, -0.25) is 0 Å². The monoisotopic (exact) mass is 302 g/mol. The number of hydrogen-bond acceptors (Lipinski definition) is 0. The van der Waals surface area contributed by atoms with Crippen molar-refractivity contribution >= 4 is 10.8 Å². The third-order valence-corrected chi connectivity index (χ3v) is 4.13. The molecule has 0 aliphatic carbocycles. The average molecular weight is 302 g/mol. The molecule has 0 saturated carbocycles. The van der Waals surface area contributed by atoms with Crippen LogP contribution in [0.3, 0.4) is 0 Å². The van der Waals surface area contributed by atoms with Gasteiger partial charge in [-0.15, -0.1) is 0 Å². The quantitative estimate of drug-likeness (QED) is 0.548. The maximum absolute atomic E-state index is 14.3. The average Bonchev–Trinajstić information content (AvgIpc) is 2.60. The molecular formula is C22H19F. The molecular weight excluding hydrogens is 283 g/mol. The first-order valence-electron chi connectivity index (χ1n) is 8.03. The SMILES string of the molecule is CCc1ccc(C#Cc2ccc3c(F)c(CC)ccc3c2)cc1. The van der Waals surface area contributed by atoms with Crippen LogP contribution in [0.25, 0.3) is 10.8 Å². The lowest BCUT2D eigenvalue weighted by molar-refractivity contribution is 0.624. The summed E-state index contributed by atoms with van der Waals surface area (Å²) in [5.74, 6) is 6.23. The first-order chi connectivity index (χ1) is 11.2. The standard InChI is InChI=1S/C22H19F/c1-3-16-5-7-17(8-6-16)9-10-18-11-14-21-20(15-18)13-12-19(4-2)22(21)23/h5-8,11-15H,3-4H2,1-2H3. The molecule has 0 aliphatic rings. The minimum absolute atomic E-state index is 0.111. The van der Waals surface area contributed by atoms with E-state index in [2.05, 4.69) is 30.9 Å². The minimum Gasteiger partial charge on any atom is -0.206 e. The van der Waals surface area contributed by atoms with E-state index in [1.165, 1.54) is 5.56 Å². The van der Waals surface area contributed by atoms with Crippen molar-refractivity contribution in [1.82, 2.24) is 0 Å². The summed E-state index contributed by atoms with van der Waals surface area (Å²) in [5, 5.41) is 1.56. The Morgan fingerprint density at radius 1 is 0.783 bits per heavy atom. The molecule has 1 heteroatoms. The molecule has 0 spiro atoms. The Hall–Kier alpha value is -2.59. The molecule has 0 atom stereocenters. The summed E-state index contributed by atoms with van der Waals surface area (Å²) >= 11 is 0. The van der Waals surface area contributed by atoms with Crippen molar-refractivity contribution in [3.8, 4) is 11.8 Å². The molecule has 3 aromatic rings. The molecule has 0 saturated heterocycles. The molecule has 3 rings (SSSR count). The maximum atomic E-state index is 14.3. The summed E-state index contributed by atoms with van der Waals surface area (Å²) in [6, 6.07) is 17.8. The molecule has 0 amide bonds. The van der Waals surface area contributed by atoms with Gasteiger partial charge in [0.15, 0.2) is 0 Å². The maximum Gasteiger partial charge on any atom is 0.134 e. The van der Waals surface area contributed by atoms with Gasteiger partial charge in [0.2, 0.25) is 0 Å². The predicted octanol–water partition coefficient (Wildman–Crippen LogP) is 5.50. The van der Waals surface area contributed by atoms with Crippen molar-refractivity contribution < 1.29 is 4.39 Å². The largest absolute Gasteiger partial charge is 0.206 e. The third kappa shape index (κ3) is 3.27. The highest BCUT2D eigenvalue weighted by Gasteiger charge is 2.05. The van der Waals surface area contributed by atoms with Gasteiger partial charge in [-0.2, -0.15) is 0 Å². The molecule has 23 heavy (non-hydrogen) atoms. The van der Waals surface area contributed by atoms with E-state index >= 15 is 0 Å². The first-order valence-corrected chi connectivity index (χ1v) is 8.03. The van der Waals surface area contributed by atoms with Crippen LogP contribution in [0.4, 0.5) is 4.39 Å². The summed E-state index contributed by atoms with van der Waals surface area (Å²) < 4.78 is 14.3. The zero-order valence-electron chi connectivity index (χ0n) is 13.5. The number of halogens is 1. The van der Waals surface area contributed by atoms with E-state index in [9.17, 15) is 4.39 Å². The molecule has 0 radical (unpaired) electrons. The lowest BCUT2D eigenvalue weighted by atomic mass is 10.0. The zero-order valence-corrected chi connectivity index (χ0v) is 13.5. The fourth-order valence-corrected chi connectivity index (χ4v) is 2.66. The number of benzene rings is 3. The molecule has 0 N–H and O–H groups in total. The van der Waals surface area contributed by atoms with Crippen LogP contribution in [0.5, 0.6) is 0 Å². The summed E-state index contributed by atoms with van der Waals surface area (Å²) in [4.78, 5) is 0. The van der Waals surface area contributed by atoms with Crippen molar-refractivity contribution in [2.75, 3.05) is 0 Å². The van der Waals surface area contributed by atoms with Crippen molar-refractivity contribution in [3.05, 3.63) is 82.7 Å². The number of rotatable bonds is 2. The van der Waals surface area contributed by atoms with Crippen LogP contribution >= 0.6 is 0 Å². The lowest BCUT2D eigenvalue weighted by Crippen LogP contribution is -1.89. The Morgan fingerprint density at radius 3 is 2.17 bits per heavy atom. The Balaban J connectivity index is 1.93. The molecule has 0 unspecified atom stereocenters. The third-order valence-electron chi connectivity index (χ3n) is 4.13. The molecule has 0 nitrogen and oxygen atoms in total. The first kappa shape index (κ1) is 15.3. The molecule has 3 aromatic carbocycles. The number of aryl methyl sites for hydroxylation is 2. The van der Waals surface area contributed by atoms with E-state index in [0.717, 1.165) is 28.5 Å². The second-order valence-electron chi connectivity index (χ2n) is 5.63. The summed E-state index contributed by atoms with van der Waals surface area (Å²) in [5.41, 5.74) is 3.96. The van der Waals surface area contributed by atoms with Gasteiger partial charge in [0.05, 0.1) is 0 Å². The van der Waals surface area contributed by atoms with E-state index in [4.69, 9.17) is 0 Å². The van der Waals surface area contributed by atoms with E-state index in [1.807, 2.05) is 49.4 Å². The van der Waals surface area contributed by atoms with Gasteiger partial charge in [0, 0.05) is 16.5 Å². The van der Waals surface area contributed by atoms with Gasteiger partial charge in [0.1, 0.15) is 5.82 Å². The second kappa shape index (κ2) is 6.67. The zero-order chi connectivity index (χ0) is 16.2. The van der Waals surface area contributed by atoms with E-state index < -0.39 is 0 Å². The van der Waals surface area contributed by atoms with Gasteiger partial charge >= 0.3 is 0 Å². The molecule has 0 fully saturated rings. The Bertz CT molecular complexity index is 893. The minimum atomic E-state index is -0.111. The van der Waals surface area contributed by atoms with E-state index in [0.29, 0.717) is 11.8 Å². The van der Waals surface area contributed by atoms with Crippen molar-refractivity contribution in [1.29, 1.82) is 0 Å². The van der Waals surface area contributed by atoms with Gasteiger partial charge < -0.3 is 0 Å². The Morgan fingerprint density at radius 2 is 1.48 bits per heavy atom. The van der Waals surface area contributed by atoms with E-state index in [1.54, 1.807) is 0 Å². The molecule has 0 aliphatic heterocycles. The Labute approximate surface area is 137 Å². The van der Waals surface area contributed by atoms with Gasteiger partial charge in [0.25, 0.3) is 0 Å². The number of fused-ring (bicyclic) bond motifs is 1. The van der Waals surface area contributed by atoms with Gasteiger partial charge in [-0.1, -0.05) is 56.0 Å². The van der Waals surface area contributed by atoms with Crippen molar-refractivity contribution in [3.63, 3.8) is 0 Å².